The molecule has 1 aliphatic rings. The predicted molar refractivity (Wildman–Crippen MR) is 98.9 cm³/mol. The topological polar surface area (TPSA) is 56.9 Å². The first-order valence-corrected chi connectivity index (χ1v) is 9.64. The molecule has 1 N–H and O–H groups in total. The highest BCUT2D eigenvalue weighted by atomic mass is 32.1. The van der Waals surface area contributed by atoms with Crippen molar-refractivity contribution in [2.45, 2.75) is 39.4 Å². The number of ketones is 1. The van der Waals surface area contributed by atoms with Gasteiger partial charge in [0.25, 0.3) is 0 Å². The SMILES string of the molecule is CC(=O)c1cc(CN2CCN(Cc3ccc(C)o3)C(CCO)C2)cs1. The molecule has 0 saturated carbocycles. The highest BCUT2D eigenvalue weighted by Crippen LogP contribution is 2.21. The van der Waals surface area contributed by atoms with E-state index in [0.29, 0.717) is 6.04 Å². The van der Waals surface area contributed by atoms with E-state index in [2.05, 4.69) is 15.2 Å². The van der Waals surface area contributed by atoms with Crippen molar-refractivity contribution in [3.05, 3.63) is 45.5 Å². The van der Waals surface area contributed by atoms with Crippen LogP contribution >= 0.6 is 11.3 Å². The number of carbonyl (C=O) groups excluding carboxylic acids is 1. The van der Waals surface area contributed by atoms with Gasteiger partial charge < -0.3 is 9.52 Å². The maximum absolute atomic E-state index is 11.5. The van der Waals surface area contributed by atoms with E-state index in [4.69, 9.17) is 4.42 Å². The summed E-state index contributed by atoms with van der Waals surface area (Å²) in [6.45, 7) is 8.27. The van der Waals surface area contributed by atoms with Crippen LogP contribution in [0.1, 0.15) is 40.1 Å². The van der Waals surface area contributed by atoms with Gasteiger partial charge in [0.2, 0.25) is 0 Å². The molecule has 1 atom stereocenters. The fourth-order valence-electron chi connectivity index (χ4n) is 3.40. The summed E-state index contributed by atoms with van der Waals surface area (Å²) in [4.78, 5) is 17.1. The van der Waals surface area contributed by atoms with E-state index in [1.807, 2.05) is 25.1 Å². The van der Waals surface area contributed by atoms with Crippen LogP contribution in [0.2, 0.25) is 0 Å². The Balaban J connectivity index is 1.60. The third kappa shape index (κ3) is 4.79. The maximum atomic E-state index is 11.5. The highest BCUT2D eigenvalue weighted by Gasteiger charge is 2.27. The molecule has 2 aromatic heterocycles. The number of hydrogen-bond acceptors (Lipinski definition) is 6. The molecule has 136 valence electrons. The van der Waals surface area contributed by atoms with Crippen LogP contribution in [0.25, 0.3) is 0 Å². The van der Waals surface area contributed by atoms with Crippen molar-refractivity contribution in [1.82, 2.24) is 9.80 Å². The summed E-state index contributed by atoms with van der Waals surface area (Å²) in [6, 6.07) is 6.35. The Hall–Kier alpha value is -1.47. The molecule has 25 heavy (non-hydrogen) atoms. The summed E-state index contributed by atoms with van der Waals surface area (Å²) >= 11 is 1.52. The first-order valence-electron chi connectivity index (χ1n) is 8.76. The molecule has 1 aliphatic heterocycles. The van der Waals surface area contributed by atoms with Crippen molar-refractivity contribution in [1.29, 1.82) is 0 Å². The lowest BCUT2D eigenvalue weighted by atomic mass is 10.1. The smallest absolute Gasteiger partial charge is 0.169 e. The molecule has 0 aromatic carbocycles. The summed E-state index contributed by atoms with van der Waals surface area (Å²) in [6.07, 6.45) is 0.762. The van der Waals surface area contributed by atoms with Gasteiger partial charge in [-0.25, -0.2) is 0 Å². The summed E-state index contributed by atoms with van der Waals surface area (Å²) < 4.78 is 5.71. The predicted octanol–water partition coefficient (Wildman–Crippen LogP) is 2.92. The van der Waals surface area contributed by atoms with E-state index < -0.39 is 0 Å². The molecule has 6 heteroatoms. The molecule has 0 bridgehead atoms. The molecule has 0 amide bonds. The first-order chi connectivity index (χ1) is 12.0. The monoisotopic (exact) mass is 362 g/mol. The molecule has 1 fully saturated rings. The summed E-state index contributed by atoms with van der Waals surface area (Å²) in [7, 11) is 0. The Morgan fingerprint density at radius 2 is 2.20 bits per heavy atom. The lowest BCUT2D eigenvalue weighted by Gasteiger charge is -2.41. The van der Waals surface area contributed by atoms with E-state index in [9.17, 15) is 9.90 Å². The normalized spacial score (nSPS) is 19.4. The number of piperazine rings is 1. The molecule has 0 radical (unpaired) electrons. The zero-order chi connectivity index (χ0) is 17.8. The van der Waals surface area contributed by atoms with Crippen LogP contribution in [0.5, 0.6) is 0 Å². The lowest BCUT2D eigenvalue weighted by molar-refractivity contribution is 0.0455. The van der Waals surface area contributed by atoms with Crippen LogP contribution in [-0.4, -0.2) is 53.0 Å². The van der Waals surface area contributed by atoms with Crippen LogP contribution in [0.15, 0.2) is 28.0 Å². The van der Waals surface area contributed by atoms with Gasteiger partial charge in [-0.05, 0) is 49.4 Å². The number of carbonyl (C=O) groups is 1. The van der Waals surface area contributed by atoms with Gasteiger partial charge >= 0.3 is 0 Å². The average Bonchev–Trinajstić information content (AvgIpc) is 3.19. The molecular weight excluding hydrogens is 336 g/mol. The Morgan fingerprint density at radius 1 is 1.36 bits per heavy atom. The Morgan fingerprint density at radius 3 is 2.84 bits per heavy atom. The number of rotatable bonds is 7. The minimum Gasteiger partial charge on any atom is -0.465 e. The molecule has 0 spiro atoms. The number of Topliss-reactive ketones (excluding diaryl/α,β-unsaturated/α-hetero) is 1. The largest absolute Gasteiger partial charge is 0.465 e. The number of aliphatic hydroxyl groups excluding tert-OH is 1. The third-order valence-electron chi connectivity index (χ3n) is 4.71. The van der Waals surface area contributed by atoms with Crippen LogP contribution in [0.3, 0.4) is 0 Å². The van der Waals surface area contributed by atoms with Gasteiger partial charge in [-0.15, -0.1) is 11.3 Å². The minimum absolute atomic E-state index is 0.132. The van der Waals surface area contributed by atoms with Gasteiger partial charge in [-0.2, -0.15) is 0 Å². The van der Waals surface area contributed by atoms with E-state index >= 15 is 0 Å². The quantitative estimate of drug-likeness (QED) is 0.768. The zero-order valence-corrected chi connectivity index (χ0v) is 15.7. The average molecular weight is 362 g/mol. The Bertz CT molecular complexity index is 709. The minimum atomic E-state index is 0.132. The van der Waals surface area contributed by atoms with Crippen molar-refractivity contribution < 1.29 is 14.3 Å². The number of hydrogen-bond donors (Lipinski definition) is 1. The molecular formula is C19H26N2O3S. The number of furan rings is 1. The molecule has 1 saturated heterocycles. The number of thiophene rings is 1. The van der Waals surface area contributed by atoms with E-state index in [1.54, 1.807) is 6.92 Å². The molecule has 5 nitrogen and oxygen atoms in total. The second-order valence-electron chi connectivity index (χ2n) is 6.76. The fourth-order valence-corrected chi connectivity index (χ4v) is 4.21. The second kappa shape index (κ2) is 8.27. The number of nitrogens with zero attached hydrogens (tertiary/aromatic N) is 2. The van der Waals surface area contributed by atoms with Crippen LogP contribution < -0.4 is 0 Å². The molecule has 0 aliphatic carbocycles. The van der Waals surface area contributed by atoms with Gasteiger partial charge in [0.1, 0.15) is 11.5 Å². The molecule has 1 unspecified atom stereocenters. The maximum Gasteiger partial charge on any atom is 0.169 e. The Labute approximate surface area is 152 Å². The van der Waals surface area contributed by atoms with Gasteiger partial charge in [-0.1, -0.05) is 0 Å². The highest BCUT2D eigenvalue weighted by molar-refractivity contribution is 7.12. The number of aliphatic hydroxyl groups is 1. The van der Waals surface area contributed by atoms with Gasteiger partial charge in [0.05, 0.1) is 11.4 Å². The zero-order valence-electron chi connectivity index (χ0n) is 14.9. The van der Waals surface area contributed by atoms with Crippen LogP contribution in [0.4, 0.5) is 0 Å². The first kappa shape index (κ1) is 18.3. The summed E-state index contributed by atoms with van der Waals surface area (Å²) in [5, 5.41) is 11.5. The third-order valence-corrected chi connectivity index (χ3v) is 5.79. The summed E-state index contributed by atoms with van der Waals surface area (Å²) in [5.41, 5.74) is 1.20. The van der Waals surface area contributed by atoms with Crippen molar-refractivity contribution in [3.63, 3.8) is 0 Å². The fraction of sp³-hybridized carbons (Fsp3) is 0.526. The standard InChI is InChI=1S/C19H26N2O3S/c1-14-3-4-18(24-14)12-21-7-6-20(11-17(21)5-8-22)10-16-9-19(15(2)23)25-13-16/h3-4,9,13,17,22H,5-8,10-12H2,1-2H3. The van der Waals surface area contributed by atoms with Crippen molar-refractivity contribution in [2.75, 3.05) is 26.2 Å². The van der Waals surface area contributed by atoms with Crippen LogP contribution in [-0.2, 0) is 13.1 Å². The second-order valence-corrected chi connectivity index (χ2v) is 7.67. The lowest BCUT2D eigenvalue weighted by Crippen LogP contribution is -2.52. The Kier molecular flexibility index (Phi) is 6.06. The van der Waals surface area contributed by atoms with Gasteiger partial charge in [-0.3, -0.25) is 14.6 Å². The van der Waals surface area contributed by atoms with Crippen LogP contribution in [0, 0.1) is 6.92 Å². The van der Waals surface area contributed by atoms with Crippen molar-refractivity contribution >= 4 is 17.1 Å². The van der Waals surface area contributed by atoms with E-state index in [1.165, 1.54) is 16.9 Å². The van der Waals surface area contributed by atoms with Gasteiger partial charge in [0, 0.05) is 38.8 Å². The van der Waals surface area contributed by atoms with Crippen molar-refractivity contribution in [2.24, 2.45) is 0 Å². The summed E-state index contributed by atoms with van der Waals surface area (Å²) in [5.74, 6) is 2.05. The molecule has 2 aromatic rings. The molecule has 3 rings (SSSR count). The van der Waals surface area contributed by atoms with E-state index in [-0.39, 0.29) is 12.4 Å². The molecule has 3 heterocycles. The van der Waals surface area contributed by atoms with Crippen molar-refractivity contribution in [3.8, 4) is 0 Å². The number of aryl methyl sites for hydroxylation is 1. The van der Waals surface area contributed by atoms with Gasteiger partial charge in [0.15, 0.2) is 5.78 Å². The van der Waals surface area contributed by atoms with E-state index in [0.717, 1.165) is 55.5 Å².